The third kappa shape index (κ3) is 2.49. The van der Waals surface area contributed by atoms with E-state index in [9.17, 15) is 8.42 Å². The van der Waals surface area contributed by atoms with Gasteiger partial charge in [0.25, 0.3) is 10.0 Å². The van der Waals surface area contributed by atoms with Crippen molar-refractivity contribution < 1.29 is 8.42 Å². The molecule has 6 heteroatoms. The van der Waals surface area contributed by atoms with Crippen LogP contribution < -0.4 is 5.73 Å². The summed E-state index contributed by atoms with van der Waals surface area (Å²) in [6.07, 6.45) is 3.18. The first-order valence-corrected chi connectivity index (χ1v) is 7.48. The zero-order valence-electron chi connectivity index (χ0n) is 10.8. The van der Waals surface area contributed by atoms with Gasteiger partial charge in [0.15, 0.2) is 5.03 Å². The van der Waals surface area contributed by atoms with Gasteiger partial charge in [-0.1, -0.05) is 13.8 Å². The lowest BCUT2D eigenvalue weighted by Crippen LogP contribution is -2.41. The molecule has 0 spiro atoms. The Hall–Kier alpha value is -1.14. The van der Waals surface area contributed by atoms with Crippen LogP contribution in [0.3, 0.4) is 0 Å². The van der Waals surface area contributed by atoms with Crippen LogP contribution in [-0.2, 0) is 10.0 Å². The van der Waals surface area contributed by atoms with Crippen LogP contribution in [0.25, 0.3) is 0 Å². The van der Waals surface area contributed by atoms with Gasteiger partial charge in [-0.05, 0) is 30.4 Å². The molecule has 0 bridgehead atoms. The Balaban J connectivity index is 2.26. The van der Waals surface area contributed by atoms with Gasteiger partial charge in [0.05, 0.1) is 5.69 Å². The fraction of sp³-hybridized carbons (Fsp3) is 0.583. The van der Waals surface area contributed by atoms with E-state index in [4.69, 9.17) is 5.73 Å². The Morgan fingerprint density at radius 2 is 1.94 bits per heavy atom. The van der Waals surface area contributed by atoms with Crippen LogP contribution in [0.4, 0.5) is 5.69 Å². The molecule has 1 aliphatic heterocycles. The first-order chi connectivity index (χ1) is 8.33. The molecule has 2 N–H and O–H groups in total. The molecule has 1 aromatic rings. The van der Waals surface area contributed by atoms with Gasteiger partial charge in [0.1, 0.15) is 0 Å². The van der Waals surface area contributed by atoms with Crippen LogP contribution in [0.2, 0.25) is 0 Å². The molecular weight excluding hydrogens is 250 g/mol. The maximum atomic E-state index is 12.4. The molecule has 1 fully saturated rings. The largest absolute Gasteiger partial charge is 0.396 e. The van der Waals surface area contributed by atoms with Crippen LogP contribution in [0.1, 0.15) is 26.7 Å². The van der Waals surface area contributed by atoms with Crippen molar-refractivity contribution in [3.8, 4) is 0 Å². The van der Waals surface area contributed by atoms with Crippen LogP contribution in [0.15, 0.2) is 23.4 Å². The number of nitrogen functional groups attached to an aromatic ring is 1. The smallest absolute Gasteiger partial charge is 0.262 e. The highest BCUT2D eigenvalue weighted by molar-refractivity contribution is 7.89. The summed E-state index contributed by atoms with van der Waals surface area (Å²) in [7, 11) is -3.55. The van der Waals surface area contributed by atoms with Crippen molar-refractivity contribution in [1.29, 1.82) is 0 Å². The molecule has 1 aliphatic rings. The highest BCUT2D eigenvalue weighted by Crippen LogP contribution is 2.32. The summed E-state index contributed by atoms with van der Waals surface area (Å²) in [5.74, 6) is 0. The summed E-state index contributed by atoms with van der Waals surface area (Å²) in [6.45, 7) is 5.38. The number of hydrogen-bond donors (Lipinski definition) is 1. The monoisotopic (exact) mass is 269 g/mol. The molecule has 0 unspecified atom stereocenters. The minimum Gasteiger partial charge on any atom is -0.396 e. The molecule has 0 amide bonds. The number of hydrogen-bond acceptors (Lipinski definition) is 4. The first-order valence-electron chi connectivity index (χ1n) is 6.04. The van der Waals surface area contributed by atoms with Crippen molar-refractivity contribution in [3.63, 3.8) is 0 Å². The summed E-state index contributed by atoms with van der Waals surface area (Å²) >= 11 is 0. The average molecular weight is 269 g/mol. The lowest BCUT2D eigenvalue weighted by molar-refractivity contribution is 0.195. The van der Waals surface area contributed by atoms with Gasteiger partial charge in [0, 0.05) is 19.3 Å². The van der Waals surface area contributed by atoms with E-state index >= 15 is 0 Å². The predicted molar refractivity (Wildman–Crippen MR) is 70.4 cm³/mol. The highest BCUT2D eigenvalue weighted by atomic mass is 32.2. The molecule has 0 radical (unpaired) electrons. The molecule has 1 aromatic heterocycles. The van der Waals surface area contributed by atoms with Crippen LogP contribution in [0.5, 0.6) is 0 Å². The molecule has 0 saturated carbocycles. The summed E-state index contributed by atoms with van der Waals surface area (Å²) in [6, 6.07) is 3.20. The molecule has 2 rings (SSSR count). The predicted octanol–water partition coefficient (Wildman–Crippen LogP) is 1.47. The Bertz CT molecular complexity index is 530. The summed E-state index contributed by atoms with van der Waals surface area (Å²) in [4.78, 5) is 3.91. The Kier molecular flexibility index (Phi) is 3.33. The lowest BCUT2D eigenvalue weighted by atomic mass is 9.83. The number of aromatic nitrogens is 1. The number of nitrogens with zero attached hydrogens (tertiary/aromatic N) is 2. The van der Waals surface area contributed by atoms with Crippen LogP contribution in [-0.4, -0.2) is 30.8 Å². The van der Waals surface area contributed by atoms with Crippen molar-refractivity contribution in [1.82, 2.24) is 9.29 Å². The van der Waals surface area contributed by atoms with E-state index in [0.29, 0.717) is 13.1 Å². The molecule has 0 aliphatic carbocycles. The summed E-state index contributed by atoms with van der Waals surface area (Å²) < 4.78 is 26.3. The highest BCUT2D eigenvalue weighted by Gasteiger charge is 2.34. The van der Waals surface area contributed by atoms with Gasteiger partial charge in [-0.2, -0.15) is 4.31 Å². The third-order valence-corrected chi connectivity index (χ3v) is 5.34. The fourth-order valence-electron chi connectivity index (χ4n) is 2.07. The van der Waals surface area contributed by atoms with Gasteiger partial charge < -0.3 is 5.73 Å². The number of nitrogens with two attached hydrogens (primary N) is 1. The van der Waals surface area contributed by atoms with Crippen molar-refractivity contribution >= 4 is 15.7 Å². The van der Waals surface area contributed by atoms with Crippen molar-refractivity contribution in [2.75, 3.05) is 18.8 Å². The van der Waals surface area contributed by atoms with E-state index in [1.54, 1.807) is 12.1 Å². The molecule has 0 atom stereocenters. The number of sulfonamides is 1. The van der Waals surface area contributed by atoms with E-state index in [-0.39, 0.29) is 16.1 Å². The van der Waals surface area contributed by atoms with E-state index in [2.05, 4.69) is 18.8 Å². The molecule has 2 heterocycles. The van der Waals surface area contributed by atoms with E-state index < -0.39 is 10.0 Å². The SMILES string of the molecule is CC1(C)CCN(S(=O)(=O)c2ncccc2N)CC1. The topological polar surface area (TPSA) is 76.3 Å². The van der Waals surface area contributed by atoms with E-state index in [1.165, 1.54) is 10.5 Å². The maximum Gasteiger partial charge on any atom is 0.262 e. The minimum atomic E-state index is -3.55. The van der Waals surface area contributed by atoms with Gasteiger partial charge >= 0.3 is 0 Å². The second-order valence-corrected chi connectivity index (χ2v) is 7.32. The quantitative estimate of drug-likeness (QED) is 0.882. The second-order valence-electron chi connectivity index (χ2n) is 5.47. The Morgan fingerprint density at radius 1 is 1.33 bits per heavy atom. The number of anilines is 1. The Labute approximate surface area is 108 Å². The average Bonchev–Trinajstić information content (AvgIpc) is 2.28. The second kappa shape index (κ2) is 4.51. The maximum absolute atomic E-state index is 12.4. The fourth-order valence-corrected chi connectivity index (χ4v) is 3.54. The zero-order chi connectivity index (χ0) is 13.4. The molecule has 1 saturated heterocycles. The molecule has 18 heavy (non-hydrogen) atoms. The number of pyridine rings is 1. The summed E-state index contributed by atoms with van der Waals surface area (Å²) in [5.41, 5.74) is 6.12. The molecule has 100 valence electrons. The Morgan fingerprint density at radius 3 is 2.50 bits per heavy atom. The van der Waals surface area contributed by atoms with Crippen molar-refractivity contribution in [2.24, 2.45) is 5.41 Å². The summed E-state index contributed by atoms with van der Waals surface area (Å²) in [5, 5.41) is -0.0234. The standard InChI is InChI=1S/C12H19N3O2S/c1-12(2)5-8-15(9-6-12)18(16,17)11-10(13)4-3-7-14-11/h3-4,7H,5-6,8-9,13H2,1-2H3. The normalized spacial score (nSPS) is 20.8. The molecule has 0 aromatic carbocycles. The first kappa shape index (κ1) is 13.3. The number of piperidine rings is 1. The lowest BCUT2D eigenvalue weighted by Gasteiger charge is -2.35. The van der Waals surface area contributed by atoms with Gasteiger partial charge in [-0.15, -0.1) is 0 Å². The zero-order valence-corrected chi connectivity index (χ0v) is 11.6. The van der Waals surface area contributed by atoms with Gasteiger partial charge in [0.2, 0.25) is 0 Å². The minimum absolute atomic E-state index is 0.0234. The van der Waals surface area contributed by atoms with Crippen molar-refractivity contribution in [3.05, 3.63) is 18.3 Å². The van der Waals surface area contributed by atoms with E-state index in [1.807, 2.05) is 0 Å². The molecule has 5 nitrogen and oxygen atoms in total. The van der Waals surface area contributed by atoms with Gasteiger partial charge in [-0.25, -0.2) is 13.4 Å². The van der Waals surface area contributed by atoms with E-state index in [0.717, 1.165) is 12.8 Å². The van der Waals surface area contributed by atoms with Crippen molar-refractivity contribution in [2.45, 2.75) is 31.7 Å². The van der Waals surface area contributed by atoms with Crippen LogP contribution in [0, 0.1) is 5.41 Å². The molecular formula is C12H19N3O2S. The number of rotatable bonds is 2. The third-order valence-electron chi connectivity index (χ3n) is 3.46. The van der Waals surface area contributed by atoms with Gasteiger partial charge in [-0.3, -0.25) is 0 Å². The van der Waals surface area contributed by atoms with Crippen LogP contribution >= 0.6 is 0 Å².